The van der Waals surface area contributed by atoms with Crippen LogP contribution in [-0.2, 0) is 0 Å². The van der Waals surface area contributed by atoms with Crippen molar-refractivity contribution < 1.29 is 6.11 Å². The Kier molecular flexibility index (Phi) is 3.21. The molecule has 0 bridgehead atoms. The predicted octanol–water partition coefficient (Wildman–Crippen LogP) is 4.98. The summed E-state index contributed by atoms with van der Waals surface area (Å²) in [6.07, 6.45) is 0. The molecule has 3 rings (SSSR count). The van der Waals surface area contributed by atoms with E-state index in [2.05, 4.69) is 23.5 Å². The summed E-state index contributed by atoms with van der Waals surface area (Å²) in [5.41, 5.74) is 1.78. The average molecular weight is 264 g/mol. The first-order valence-electron chi connectivity index (χ1n) is 7.26. The first-order valence-corrected chi connectivity index (χ1v) is 6.76. The molecule has 0 spiro atoms. The highest BCUT2D eigenvalue weighted by Gasteiger charge is 2.01. The van der Waals surface area contributed by atoms with Crippen molar-refractivity contribution in [2.75, 3.05) is 11.9 Å². The quantitative estimate of drug-likeness (QED) is 0.717. The molecular weight excluding hydrogens is 246 g/mol. The van der Waals surface area contributed by atoms with E-state index in [1.807, 2.05) is 43.3 Å². The summed E-state index contributed by atoms with van der Waals surface area (Å²) >= 11 is 0. The van der Waals surface area contributed by atoms with Crippen molar-refractivity contribution in [3.8, 4) is 5.75 Å². The minimum absolute atomic E-state index is 0.425. The lowest BCUT2D eigenvalue weighted by Crippen LogP contribution is -1.93. The highest BCUT2D eigenvalue weighted by atomic mass is 16.5. The molecule has 1 N–H and O–H groups in total. The second-order valence-corrected chi connectivity index (χ2v) is 4.52. The number of ether oxygens (including phenoxy) is 1. The van der Waals surface area contributed by atoms with E-state index >= 15 is 0 Å². The highest BCUT2D eigenvalue weighted by Crippen LogP contribution is 2.27. The maximum atomic E-state index is 8.10. The third-order valence-corrected chi connectivity index (χ3v) is 3.15. The van der Waals surface area contributed by atoms with Gasteiger partial charge in [0, 0.05) is 16.8 Å². The molecule has 100 valence electrons. The van der Waals surface area contributed by atoms with Crippen molar-refractivity contribution >= 4 is 22.1 Å². The Morgan fingerprint density at radius 3 is 2.70 bits per heavy atom. The monoisotopic (exact) mass is 264 g/mol. The van der Waals surface area contributed by atoms with Crippen molar-refractivity contribution in [3.63, 3.8) is 0 Å². The average Bonchev–Trinajstić information content (AvgIpc) is 2.51. The summed E-state index contributed by atoms with van der Waals surface area (Å²) in [5.74, 6) is 0.728. The van der Waals surface area contributed by atoms with E-state index < -0.39 is 0 Å². The van der Waals surface area contributed by atoms with Crippen LogP contribution < -0.4 is 10.1 Å². The molecule has 0 aliphatic carbocycles. The van der Waals surface area contributed by atoms with Crippen LogP contribution in [0.2, 0.25) is 0 Å². The van der Waals surface area contributed by atoms with Gasteiger partial charge in [0.1, 0.15) is 5.75 Å². The van der Waals surface area contributed by atoms with Crippen molar-refractivity contribution in [1.29, 1.82) is 0 Å². The number of benzene rings is 3. The fourth-order valence-electron chi connectivity index (χ4n) is 2.22. The molecular formula is C18H17NO. The molecule has 0 heterocycles. The Morgan fingerprint density at radius 2 is 1.85 bits per heavy atom. The second-order valence-electron chi connectivity index (χ2n) is 4.52. The summed E-state index contributed by atoms with van der Waals surface area (Å²) in [5, 5.41) is 5.67. The molecule has 3 aromatic rings. The van der Waals surface area contributed by atoms with E-state index in [-0.39, 0.29) is 0 Å². The molecule has 0 fully saturated rings. The minimum Gasteiger partial charge on any atom is -0.494 e. The van der Waals surface area contributed by atoms with Gasteiger partial charge in [-0.2, -0.15) is 0 Å². The maximum Gasteiger partial charge on any atom is 0.119 e. The molecule has 0 amide bonds. The number of hydrogen-bond donors (Lipinski definition) is 1. The van der Waals surface area contributed by atoms with Gasteiger partial charge in [-0.15, -0.1) is 0 Å². The Balaban J connectivity index is 1.95. The Bertz CT molecular complexity index is 765. The lowest BCUT2D eigenvalue weighted by atomic mass is 10.1. The molecule has 0 aliphatic rings. The Labute approximate surface area is 120 Å². The van der Waals surface area contributed by atoms with Gasteiger partial charge < -0.3 is 10.1 Å². The molecule has 0 unspecified atom stereocenters. The Morgan fingerprint density at radius 1 is 1.00 bits per heavy atom. The number of nitrogens with one attached hydrogen (secondary N) is 1. The third-order valence-electron chi connectivity index (χ3n) is 3.15. The molecule has 0 saturated heterocycles. The van der Waals surface area contributed by atoms with E-state index in [1.165, 1.54) is 5.39 Å². The summed E-state index contributed by atoms with van der Waals surface area (Å²) < 4.78 is 13.5. The number of rotatable bonds is 4. The Hall–Kier alpha value is -2.48. The van der Waals surface area contributed by atoms with Crippen LogP contribution in [0.4, 0.5) is 11.4 Å². The van der Waals surface area contributed by atoms with Gasteiger partial charge in [0.05, 0.1) is 7.98 Å². The molecule has 0 atom stereocenters. The zero-order chi connectivity index (χ0) is 14.7. The zero-order valence-corrected chi connectivity index (χ0v) is 11.4. The zero-order valence-electron chi connectivity index (χ0n) is 12.4. The number of anilines is 2. The van der Waals surface area contributed by atoms with Crippen molar-refractivity contribution in [1.82, 2.24) is 0 Å². The third kappa shape index (κ3) is 2.59. The van der Waals surface area contributed by atoms with E-state index in [0.717, 1.165) is 22.5 Å². The number of hydrogen-bond acceptors (Lipinski definition) is 2. The molecule has 20 heavy (non-hydrogen) atoms. The van der Waals surface area contributed by atoms with E-state index in [0.29, 0.717) is 12.6 Å². The molecule has 2 nitrogen and oxygen atoms in total. The van der Waals surface area contributed by atoms with Crippen LogP contribution in [0.3, 0.4) is 0 Å². The topological polar surface area (TPSA) is 21.3 Å². The van der Waals surface area contributed by atoms with Crippen LogP contribution in [0.5, 0.6) is 5.75 Å². The van der Waals surface area contributed by atoms with Crippen molar-refractivity contribution in [3.05, 3.63) is 66.7 Å². The van der Waals surface area contributed by atoms with Crippen molar-refractivity contribution in [2.24, 2.45) is 0 Å². The van der Waals surface area contributed by atoms with Gasteiger partial charge in [-0.1, -0.05) is 36.4 Å². The van der Waals surface area contributed by atoms with Crippen LogP contribution >= 0.6 is 0 Å². The van der Waals surface area contributed by atoms with Crippen LogP contribution in [0, 0.1) is 0 Å². The van der Waals surface area contributed by atoms with E-state index in [4.69, 9.17) is 6.11 Å². The van der Waals surface area contributed by atoms with Crippen LogP contribution in [0.25, 0.3) is 10.8 Å². The second kappa shape index (κ2) is 5.66. The summed E-state index contributed by atoms with van der Waals surface area (Å²) in [7, 11) is 0. The van der Waals surface area contributed by atoms with Gasteiger partial charge in [0.25, 0.3) is 0 Å². The summed E-state index contributed by atoms with van der Waals surface area (Å²) in [6.45, 7) is 2.54. The lowest BCUT2D eigenvalue weighted by Gasteiger charge is -2.10. The van der Waals surface area contributed by atoms with Crippen LogP contribution in [0.1, 0.15) is 8.29 Å². The van der Waals surface area contributed by atoms with E-state index in [1.54, 1.807) is 6.07 Å². The fourth-order valence-corrected chi connectivity index (χ4v) is 2.22. The molecule has 0 aliphatic heterocycles. The maximum absolute atomic E-state index is 8.10. The molecule has 2 heteroatoms. The van der Waals surface area contributed by atoms with Gasteiger partial charge >= 0.3 is 0 Å². The molecule has 0 saturated carbocycles. The normalized spacial score (nSPS) is 11.2. The highest BCUT2D eigenvalue weighted by molar-refractivity contribution is 5.95. The number of fused-ring (bicyclic) bond motifs is 1. The van der Waals surface area contributed by atoms with Crippen LogP contribution in [0.15, 0.2) is 66.7 Å². The minimum atomic E-state index is 0.425. The van der Waals surface area contributed by atoms with Crippen LogP contribution in [-0.4, -0.2) is 6.61 Å². The summed E-state index contributed by atoms with van der Waals surface area (Å²) in [4.78, 5) is 0. The summed E-state index contributed by atoms with van der Waals surface area (Å²) in [6, 6.07) is 20.3. The van der Waals surface area contributed by atoms with Crippen molar-refractivity contribution in [2.45, 2.75) is 6.92 Å². The van der Waals surface area contributed by atoms with Gasteiger partial charge in [0.15, 0.2) is 0 Å². The first-order chi connectivity index (χ1) is 10.3. The van der Waals surface area contributed by atoms with Gasteiger partial charge in [-0.3, -0.25) is 0 Å². The predicted molar refractivity (Wildman–Crippen MR) is 84.8 cm³/mol. The molecule has 3 aromatic carbocycles. The SMILES string of the molecule is [2H]c1cc(OCC)ccc1Nc1cccc2ccccc12. The van der Waals surface area contributed by atoms with Gasteiger partial charge in [-0.25, -0.2) is 0 Å². The van der Waals surface area contributed by atoms with E-state index in [9.17, 15) is 0 Å². The molecule has 0 aromatic heterocycles. The lowest BCUT2D eigenvalue weighted by molar-refractivity contribution is 0.340. The standard InChI is InChI=1S/C18H17NO/c1-2-20-16-12-10-15(11-13-16)19-18-9-5-7-14-6-3-4-8-17(14)18/h3-13,19H,2H2,1H3/i10D. The van der Waals surface area contributed by atoms with Gasteiger partial charge in [0.2, 0.25) is 0 Å². The fraction of sp³-hybridized carbons (Fsp3) is 0.111. The smallest absolute Gasteiger partial charge is 0.119 e. The first kappa shape index (κ1) is 11.4. The van der Waals surface area contributed by atoms with Gasteiger partial charge in [-0.05, 0) is 42.6 Å². The molecule has 0 radical (unpaired) electrons. The largest absolute Gasteiger partial charge is 0.494 e.